The SMILES string of the molecule is CCC1CCCCC1n1ccnc1-c1cccc(N)c1. The first-order chi connectivity index (χ1) is 9.79. The van der Waals surface area contributed by atoms with Crippen LogP contribution in [-0.2, 0) is 0 Å². The largest absolute Gasteiger partial charge is 0.399 e. The fourth-order valence-electron chi connectivity index (χ4n) is 3.51. The van der Waals surface area contributed by atoms with E-state index in [9.17, 15) is 0 Å². The molecule has 1 aromatic heterocycles. The van der Waals surface area contributed by atoms with Crippen molar-refractivity contribution in [1.29, 1.82) is 0 Å². The molecule has 1 heterocycles. The van der Waals surface area contributed by atoms with E-state index < -0.39 is 0 Å². The number of aromatic nitrogens is 2. The maximum atomic E-state index is 5.91. The molecule has 3 rings (SSSR count). The van der Waals surface area contributed by atoms with Crippen molar-refractivity contribution in [2.75, 3.05) is 5.73 Å². The molecule has 2 aromatic rings. The van der Waals surface area contributed by atoms with Crippen LogP contribution in [0.3, 0.4) is 0 Å². The fraction of sp³-hybridized carbons (Fsp3) is 0.471. The lowest BCUT2D eigenvalue weighted by molar-refractivity contribution is 0.234. The van der Waals surface area contributed by atoms with Gasteiger partial charge >= 0.3 is 0 Å². The molecule has 2 atom stereocenters. The Kier molecular flexibility index (Phi) is 3.77. The number of nitrogens with two attached hydrogens (primary N) is 1. The Morgan fingerprint density at radius 2 is 2.15 bits per heavy atom. The summed E-state index contributed by atoms with van der Waals surface area (Å²) >= 11 is 0. The lowest BCUT2D eigenvalue weighted by Gasteiger charge is -2.33. The zero-order valence-corrected chi connectivity index (χ0v) is 12.1. The van der Waals surface area contributed by atoms with Crippen LogP contribution >= 0.6 is 0 Å². The van der Waals surface area contributed by atoms with Crippen LogP contribution in [0.1, 0.15) is 45.1 Å². The molecule has 0 aliphatic heterocycles. The van der Waals surface area contributed by atoms with Gasteiger partial charge in [0.25, 0.3) is 0 Å². The number of rotatable bonds is 3. The molecule has 0 saturated heterocycles. The Morgan fingerprint density at radius 3 is 2.95 bits per heavy atom. The average molecular weight is 269 g/mol. The van der Waals surface area contributed by atoms with Crippen LogP contribution in [-0.4, -0.2) is 9.55 Å². The highest BCUT2D eigenvalue weighted by Crippen LogP contribution is 2.38. The number of imidazole rings is 1. The molecule has 20 heavy (non-hydrogen) atoms. The minimum atomic E-state index is 0.590. The summed E-state index contributed by atoms with van der Waals surface area (Å²) in [5.74, 6) is 1.83. The number of benzene rings is 1. The third-order valence-corrected chi connectivity index (χ3v) is 4.56. The molecule has 1 aliphatic carbocycles. The van der Waals surface area contributed by atoms with Crippen molar-refractivity contribution in [3.63, 3.8) is 0 Å². The minimum Gasteiger partial charge on any atom is -0.399 e. The summed E-state index contributed by atoms with van der Waals surface area (Å²) in [6.07, 6.45) is 10.6. The number of hydrogen-bond acceptors (Lipinski definition) is 2. The Hall–Kier alpha value is -1.77. The maximum Gasteiger partial charge on any atom is 0.140 e. The monoisotopic (exact) mass is 269 g/mol. The van der Waals surface area contributed by atoms with E-state index in [1.165, 1.54) is 32.1 Å². The molecule has 1 aromatic carbocycles. The number of nitrogen functional groups attached to an aromatic ring is 1. The minimum absolute atomic E-state index is 0.590. The molecule has 3 heteroatoms. The quantitative estimate of drug-likeness (QED) is 0.845. The summed E-state index contributed by atoms with van der Waals surface area (Å²) in [6.45, 7) is 2.31. The average Bonchev–Trinajstić information content (AvgIpc) is 2.96. The van der Waals surface area contributed by atoms with Crippen LogP contribution in [0, 0.1) is 5.92 Å². The summed E-state index contributed by atoms with van der Waals surface area (Å²) < 4.78 is 2.38. The van der Waals surface area contributed by atoms with Crippen LogP contribution in [0.4, 0.5) is 5.69 Å². The van der Waals surface area contributed by atoms with Gasteiger partial charge in [0.2, 0.25) is 0 Å². The van der Waals surface area contributed by atoms with Crippen LogP contribution < -0.4 is 5.73 Å². The summed E-state index contributed by atoms with van der Waals surface area (Å²) in [7, 11) is 0. The molecule has 2 N–H and O–H groups in total. The highest BCUT2D eigenvalue weighted by Gasteiger charge is 2.26. The second-order valence-corrected chi connectivity index (χ2v) is 5.80. The van der Waals surface area contributed by atoms with Gasteiger partial charge < -0.3 is 10.3 Å². The molecule has 106 valence electrons. The van der Waals surface area contributed by atoms with Gasteiger partial charge in [0.05, 0.1) is 0 Å². The van der Waals surface area contributed by atoms with Crippen molar-refractivity contribution >= 4 is 5.69 Å². The Labute approximate surface area is 120 Å². The molecule has 1 aliphatic rings. The van der Waals surface area contributed by atoms with Crippen molar-refractivity contribution in [3.8, 4) is 11.4 Å². The standard InChI is InChI=1S/C17H23N3/c1-2-13-6-3-4-9-16(13)20-11-10-19-17(20)14-7-5-8-15(18)12-14/h5,7-8,10-13,16H,2-4,6,9,18H2,1H3. The Bertz CT molecular complexity index is 573. The second kappa shape index (κ2) is 5.70. The van der Waals surface area contributed by atoms with Gasteiger partial charge in [-0.3, -0.25) is 0 Å². The smallest absolute Gasteiger partial charge is 0.140 e. The Morgan fingerprint density at radius 1 is 1.30 bits per heavy atom. The van der Waals surface area contributed by atoms with E-state index in [-0.39, 0.29) is 0 Å². The number of anilines is 1. The summed E-state index contributed by atoms with van der Waals surface area (Å²) in [4.78, 5) is 4.58. The Balaban J connectivity index is 1.97. The van der Waals surface area contributed by atoms with E-state index >= 15 is 0 Å². The van der Waals surface area contributed by atoms with Gasteiger partial charge in [0, 0.05) is 29.7 Å². The van der Waals surface area contributed by atoms with Crippen molar-refractivity contribution in [2.24, 2.45) is 5.92 Å². The highest BCUT2D eigenvalue weighted by molar-refractivity contribution is 5.61. The lowest BCUT2D eigenvalue weighted by atomic mass is 9.82. The molecule has 2 unspecified atom stereocenters. The van der Waals surface area contributed by atoms with Crippen molar-refractivity contribution in [1.82, 2.24) is 9.55 Å². The van der Waals surface area contributed by atoms with Crippen LogP contribution in [0.2, 0.25) is 0 Å². The number of hydrogen-bond donors (Lipinski definition) is 1. The summed E-state index contributed by atoms with van der Waals surface area (Å²) in [5, 5.41) is 0. The van der Waals surface area contributed by atoms with E-state index in [0.717, 1.165) is 23.0 Å². The van der Waals surface area contributed by atoms with Crippen molar-refractivity contribution < 1.29 is 0 Å². The molecule has 0 radical (unpaired) electrons. The van der Waals surface area contributed by atoms with Crippen molar-refractivity contribution in [3.05, 3.63) is 36.7 Å². The molecule has 1 saturated carbocycles. The summed E-state index contributed by atoms with van der Waals surface area (Å²) in [6, 6.07) is 8.63. The predicted molar refractivity (Wildman–Crippen MR) is 83.4 cm³/mol. The van der Waals surface area contributed by atoms with Gasteiger partial charge in [-0.2, -0.15) is 0 Å². The topological polar surface area (TPSA) is 43.8 Å². The molecule has 0 spiro atoms. The van der Waals surface area contributed by atoms with Crippen molar-refractivity contribution in [2.45, 2.75) is 45.1 Å². The van der Waals surface area contributed by atoms with Gasteiger partial charge in [-0.1, -0.05) is 38.3 Å². The van der Waals surface area contributed by atoms with Gasteiger partial charge in [-0.15, -0.1) is 0 Å². The molecule has 1 fully saturated rings. The molecule has 0 bridgehead atoms. The first kappa shape index (κ1) is 13.2. The van der Waals surface area contributed by atoms with Gasteiger partial charge in [-0.05, 0) is 30.9 Å². The van der Waals surface area contributed by atoms with E-state index in [1.54, 1.807) is 0 Å². The first-order valence-corrected chi connectivity index (χ1v) is 7.68. The zero-order valence-electron chi connectivity index (χ0n) is 12.1. The van der Waals surface area contributed by atoms with Gasteiger partial charge in [0.1, 0.15) is 5.82 Å². The van der Waals surface area contributed by atoms with Crippen LogP contribution in [0.5, 0.6) is 0 Å². The zero-order chi connectivity index (χ0) is 13.9. The van der Waals surface area contributed by atoms with Crippen LogP contribution in [0.25, 0.3) is 11.4 Å². The lowest BCUT2D eigenvalue weighted by Crippen LogP contribution is -2.23. The highest BCUT2D eigenvalue weighted by atomic mass is 15.1. The molecule has 3 nitrogen and oxygen atoms in total. The first-order valence-electron chi connectivity index (χ1n) is 7.68. The van der Waals surface area contributed by atoms with E-state index in [1.807, 2.05) is 24.4 Å². The predicted octanol–water partition coefficient (Wildman–Crippen LogP) is 4.27. The third-order valence-electron chi connectivity index (χ3n) is 4.56. The van der Waals surface area contributed by atoms with Gasteiger partial charge in [-0.25, -0.2) is 4.98 Å². The van der Waals surface area contributed by atoms with E-state index in [4.69, 9.17) is 5.73 Å². The molecular formula is C17H23N3. The normalized spacial score (nSPS) is 22.9. The maximum absolute atomic E-state index is 5.91. The van der Waals surface area contributed by atoms with E-state index in [0.29, 0.717) is 6.04 Å². The van der Waals surface area contributed by atoms with Gasteiger partial charge in [0.15, 0.2) is 0 Å². The molecular weight excluding hydrogens is 246 g/mol. The second-order valence-electron chi connectivity index (χ2n) is 5.80. The number of nitrogens with zero attached hydrogens (tertiary/aromatic N) is 2. The third kappa shape index (κ3) is 2.45. The van der Waals surface area contributed by atoms with Crippen LogP contribution in [0.15, 0.2) is 36.7 Å². The van der Waals surface area contributed by atoms with E-state index in [2.05, 4.69) is 28.7 Å². The molecule has 0 amide bonds. The fourth-order valence-corrected chi connectivity index (χ4v) is 3.51. The summed E-state index contributed by atoms with van der Waals surface area (Å²) in [5.41, 5.74) is 7.83.